The van der Waals surface area contributed by atoms with Gasteiger partial charge in [-0.2, -0.15) is 0 Å². The van der Waals surface area contributed by atoms with E-state index in [1.165, 1.54) is 16.3 Å². The van der Waals surface area contributed by atoms with Crippen LogP contribution in [0.3, 0.4) is 0 Å². The zero-order chi connectivity index (χ0) is 15.8. The van der Waals surface area contributed by atoms with Crippen LogP contribution >= 0.6 is 0 Å². The minimum atomic E-state index is 1.00. The molecule has 0 N–H and O–H groups in total. The smallest absolute Gasteiger partial charge is 0.0788 e. The Morgan fingerprint density at radius 1 is 0.870 bits per heavy atom. The van der Waals surface area contributed by atoms with Crippen LogP contribution in [0.2, 0.25) is 0 Å². The Kier molecular flexibility index (Phi) is 3.20. The maximum atomic E-state index is 5.03. The average molecular weight is 295 g/mol. The predicted molar refractivity (Wildman–Crippen MR) is 99.5 cm³/mol. The third-order valence-electron chi connectivity index (χ3n) is 4.36. The number of rotatable bonds is 2. The summed E-state index contributed by atoms with van der Waals surface area (Å²) in [7, 11) is 0. The monoisotopic (exact) mass is 295 g/mol. The molecule has 1 heterocycles. The highest BCUT2D eigenvalue weighted by molar-refractivity contribution is 6.06. The van der Waals surface area contributed by atoms with Gasteiger partial charge in [0.05, 0.1) is 11.2 Å². The molecule has 110 valence electrons. The highest BCUT2D eigenvalue weighted by Gasteiger charge is 2.11. The molecule has 0 amide bonds. The number of benzene rings is 3. The van der Waals surface area contributed by atoms with E-state index < -0.39 is 0 Å². The number of pyridine rings is 1. The lowest BCUT2D eigenvalue weighted by Crippen LogP contribution is -1.93. The van der Waals surface area contributed by atoms with Crippen LogP contribution in [-0.2, 0) is 0 Å². The highest BCUT2D eigenvalue weighted by Crippen LogP contribution is 2.31. The SMILES string of the molecule is C=Cc1cc2ccc3ccccc3c2nc1-c1ccccc1C. The molecule has 0 aliphatic heterocycles. The standard InChI is InChI=1S/C22H17N/c1-3-16-14-18-13-12-17-9-5-7-11-20(17)22(18)23-21(16)19-10-6-4-8-15(19)2/h3-14H,1H2,2H3. The first kappa shape index (κ1) is 13.7. The zero-order valence-corrected chi connectivity index (χ0v) is 13.1. The molecular formula is C22H17N. The lowest BCUT2D eigenvalue weighted by atomic mass is 9.98. The van der Waals surface area contributed by atoms with Crippen LogP contribution < -0.4 is 0 Å². The van der Waals surface area contributed by atoms with Crippen LogP contribution in [0.1, 0.15) is 11.1 Å². The van der Waals surface area contributed by atoms with Crippen LogP contribution in [0.4, 0.5) is 0 Å². The summed E-state index contributed by atoms with van der Waals surface area (Å²) in [6, 6.07) is 23.2. The molecule has 23 heavy (non-hydrogen) atoms. The Morgan fingerprint density at radius 3 is 2.43 bits per heavy atom. The molecule has 0 aliphatic carbocycles. The summed E-state index contributed by atoms with van der Waals surface area (Å²) in [6.45, 7) is 6.10. The van der Waals surface area contributed by atoms with Gasteiger partial charge in [-0.25, -0.2) is 4.98 Å². The summed E-state index contributed by atoms with van der Waals surface area (Å²) in [6.07, 6.45) is 1.89. The normalized spacial score (nSPS) is 11.0. The minimum Gasteiger partial charge on any atom is -0.246 e. The van der Waals surface area contributed by atoms with E-state index in [-0.39, 0.29) is 0 Å². The van der Waals surface area contributed by atoms with E-state index in [0.717, 1.165) is 27.7 Å². The van der Waals surface area contributed by atoms with Gasteiger partial charge in [0.15, 0.2) is 0 Å². The van der Waals surface area contributed by atoms with Crippen molar-refractivity contribution in [2.75, 3.05) is 0 Å². The van der Waals surface area contributed by atoms with Gasteiger partial charge in [0.1, 0.15) is 0 Å². The number of fused-ring (bicyclic) bond motifs is 3. The van der Waals surface area contributed by atoms with Gasteiger partial charge >= 0.3 is 0 Å². The average Bonchev–Trinajstić information content (AvgIpc) is 2.61. The summed E-state index contributed by atoms with van der Waals surface area (Å²) in [5.41, 5.74) is 5.51. The molecule has 1 nitrogen and oxygen atoms in total. The molecule has 0 atom stereocenters. The second-order valence-corrected chi connectivity index (χ2v) is 5.80. The Morgan fingerprint density at radius 2 is 1.61 bits per heavy atom. The molecule has 1 aromatic heterocycles. The van der Waals surface area contributed by atoms with Crippen LogP contribution in [0.15, 0.2) is 73.3 Å². The first-order valence-electron chi connectivity index (χ1n) is 7.79. The van der Waals surface area contributed by atoms with Crippen molar-refractivity contribution in [1.82, 2.24) is 4.98 Å². The fourth-order valence-corrected chi connectivity index (χ4v) is 3.14. The van der Waals surface area contributed by atoms with E-state index in [9.17, 15) is 0 Å². The first-order chi connectivity index (χ1) is 11.3. The Labute approximate surface area is 135 Å². The molecule has 1 heteroatoms. The zero-order valence-electron chi connectivity index (χ0n) is 13.1. The number of nitrogens with zero attached hydrogens (tertiary/aromatic N) is 1. The lowest BCUT2D eigenvalue weighted by molar-refractivity contribution is 1.36. The van der Waals surface area contributed by atoms with Gasteiger partial charge in [-0.3, -0.25) is 0 Å². The Bertz CT molecular complexity index is 1040. The van der Waals surface area contributed by atoms with Gasteiger partial charge in [0.25, 0.3) is 0 Å². The van der Waals surface area contributed by atoms with E-state index in [1.807, 2.05) is 6.08 Å². The molecule has 0 radical (unpaired) electrons. The van der Waals surface area contributed by atoms with Crippen LogP contribution in [0.25, 0.3) is 39.0 Å². The van der Waals surface area contributed by atoms with Crippen molar-refractivity contribution >= 4 is 27.8 Å². The maximum Gasteiger partial charge on any atom is 0.0788 e. The molecule has 3 aromatic carbocycles. The van der Waals surface area contributed by atoms with Crippen molar-refractivity contribution in [2.45, 2.75) is 6.92 Å². The van der Waals surface area contributed by atoms with Crippen molar-refractivity contribution in [3.05, 3.63) is 84.4 Å². The van der Waals surface area contributed by atoms with Crippen molar-refractivity contribution in [3.63, 3.8) is 0 Å². The van der Waals surface area contributed by atoms with Crippen molar-refractivity contribution in [1.29, 1.82) is 0 Å². The summed E-state index contributed by atoms with van der Waals surface area (Å²) in [4.78, 5) is 5.03. The van der Waals surface area contributed by atoms with Gasteiger partial charge in [-0.15, -0.1) is 0 Å². The largest absolute Gasteiger partial charge is 0.246 e. The predicted octanol–water partition coefficient (Wildman–Crippen LogP) is 6.01. The van der Waals surface area contributed by atoms with Crippen molar-refractivity contribution < 1.29 is 0 Å². The van der Waals surface area contributed by atoms with E-state index in [1.54, 1.807) is 0 Å². The highest BCUT2D eigenvalue weighted by atomic mass is 14.7. The molecule has 0 saturated carbocycles. The summed E-state index contributed by atoms with van der Waals surface area (Å²) < 4.78 is 0. The molecule has 0 fully saturated rings. The Hall–Kier alpha value is -2.93. The molecule has 0 saturated heterocycles. The van der Waals surface area contributed by atoms with Gasteiger partial charge in [0, 0.05) is 21.9 Å². The van der Waals surface area contributed by atoms with Crippen LogP contribution in [0, 0.1) is 6.92 Å². The lowest BCUT2D eigenvalue weighted by Gasteiger charge is -2.12. The summed E-state index contributed by atoms with van der Waals surface area (Å²) >= 11 is 0. The second-order valence-electron chi connectivity index (χ2n) is 5.80. The van der Waals surface area contributed by atoms with Crippen molar-refractivity contribution in [3.8, 4) is 11.3 Å². The number of hydrogen-bond acceptors (Lipinski definition) is 1. The Balaban J connectivity index is 2.13. The second kappa shape index (κ2) is 5.36. The topological polar surface area (TPSA) is 12.9 Å². The van der Waals surface area contributed by atoms with E-state index in [4.69, 9.17) is 4.98 Å². The molecule has 0 spiro atoms. The fourth-order valence-electron chi connectivity index (χ4n) is 3.14. The van der Waals surface area contributed by atoms with Gasteiger partial charge < -0.3 is 0 Å². The maximum absolute atomic E-state index is 5.03. The molecular weight excluding hydrogens is 278 g/mol. The van der Waals surface area contributed by atoms with E-state index in [2.05, 4.69) is 80.2 Å². The molecule has 4 rings (SSSR count). The fraction of sp³-hybridized carbons (Fsp3) is 0.0455. The number of hydrogen-bond donors (Lipinski definition) is 0. The third kappa shape index (κ3) is 2.22. The van der Waals surface area contributed by atoms with Crippen molar-refractivity contribution in [2.24, 2.45) is 0 Å². The quantitative estimate of drug-likeness (QED) is 0.413. The third-order valence-corrected chi connectivity index (χ3v) is 4.36. The summed E-state index contributed by atoms with van der Waals surface area (Å²) in [5.74, 6) is 0. The number of aryl methyl sites for hydroxylation is 1. The van der Waals surface area contributed by atoms with E-state index >= 15 is 0 Å². The molecule has 4 aromatic rings. The van der Waals surface area contributed by atoms with Gasteiger partial charge in [0.2, 0.25) is 0 Å². The van der Waals surface area contributed by atoms with Gasteiger partial charge in [-0.05, 0) is 23.9 Å². The summed E-state index contributed by atoms with van der Waals surface area (Å²) in [5, 5.41) is 3.56. The minimum absolute atomic E-state index is 1.00. The molecule has 0 bridgehead atoms. The van der Waals surface area contributed by atoms with Crippen LogP contribution in [-0.4, -0.2) is 4.98 Å². The van der Waals surface area contributed by atoms with E-state index in [0.29, 0.717) is 0 Å². The molecule has 0 aliphatic rings. The van der Waals surface area contributed by atoms with Crippen LogP contribution in [0.5, 0.6) is 0 Å². The van der Waals surface area contributed by atoms with Gasteiger partial charge in [-0.1, -0.05) is 73.3 Å². The number of aromatic nitrogens is 1. The molecule has 0 unspecified atom stereocenters. The first-order valence-corrected chi connectivity index (χ1v) is 7.79.